The molecule has 7 heteroatoms. The molecule has 0 atom stereocenters. The quantitative estimate of drug-likeness (QED) is 0.793. The second-order valence-electron chi connectivity index (χ2n) is 5.34. The highest BCUT2D eigenvalue weighted by molar-refractivity contribution is 7.89. The Bertz CT molecular complexity index is 638. The maximum atomic E-state index is 12.8. The van der Waals surface area contributed by atoms with Gasteiger partial charge in [-0.3, -0.25) is 4.68 Å². The molecule has 0 N–H and O–H groups in total. The highest BCUT2D eigenvalue weighted by atomic mass is 32.2. The maximum absolute atomic E-state index is 12.8. The summed E-state index contributed by atoms with van der Waals surface area (Å²) in [4.78, 5) is 0.290. The van der Waals surface area contributed by atoms with Crippen LogP contribution in [0.2, 0.25) is 0 Å². The largest absolute Gasteiger partial charge is 0.271 e. The van der Waals surface area contributed by atoms with Crippen LogP contribution in [0.4, 0.5) is 0 Å². The lowest BCUT2D eigenvalue weighted by Gasteiger charge is -2.21. The number of aromatic nitrogens is 2. The van der Waals surface area contributed by atoms with E-state index in [1.807, 2.05) is 6.07 Å². The first-order valence-corrected chi connectivity index (χ1v) is 8.19. The third-order valence-corrected chi connectivity index (χ3v) is 5.79. The number of aryl methyl sites for hydroxylation is 2. The first-order valence-electron chi connectivity index (χ1n) is 6.75. The van der Waals surface area contributed by atoms with Crippen LogP contribution in [0.25, 0.3) is 0 Å². The topological polar surface area (TPSA) is 79.0 Å². The molecular formula is C13H20N4O2S. The second-order valence-corrected chi connectivity index (χ2v) is 7.21. The van der Waals surface area contributed by atoms with Gasteiger partial charge >= 0.3 is 0 Å². The molecular weight excluding hydrogens is 276 g/mol. The summed E-state index contributed by atoms with van der Waals surface area (Å²) in [7, 11) is -1.83. The van der Waals surface area contributed by atoms with E-state index in [2.05, 4.69) is 5.10 Å². The molecule has 20 heavy (non-hydrogen) atoms. The Balaban J connectivity index is 2.35. The summed E-state index contributed by atoms with van der Waals surface area (Å²) in [6.07, 6.45) is 2.36. The van der Waals surface area contributed by atoms with Gasteiger partial charge in [0.1, 0.15) is 4.90 Å². The maximum Gasteiger partial charge on any atom is 0.246 e. The molecule has 0 aromatic carbocycles. The molecule has 0 bridgehead atoms. The molecule has 1 aliphatic carbocycles. The van der Waals surface area contributed by atoms with Crippen molar-refractivity contribution >= 4 is 10.0 Å². The normalized spacial score (nSPS) is 15.6. The van der Waals surface area contributed by atoms with Gasteiger partial charge in [0.2, 0.25) is 10.0 Å². The Morgan fingerprint density at radius 2 is 2.10 bits per heavy atom. The van der Waals surface area contributed by atoms with E-state index in [1.165, 1.54) is 4.31 Å². The Morgan fingerprint density at radius 1 is 1.45 bits per heavy atom. The average molecular weight is 296 g/mol. The fraction of sp³-hybridized carbons (Fsp3) is 0.692. The van der Waals surface area contributed by atoms with E-state index >= 15 is 0 Å². The fourth-order valence-electron chi connectivity index (χ4n) is 2.33. The third-order valence-electron chi connectivity index (χ3n) is 3.67. The predicted octanol–water partition coefficient (Wildman–Crippen LogP) is 1.35. The van der Waals surface area contributed by atoms with Crippen LogP contribution in [0.5, 0.6) is 0 Å². The molecule has 0 saturated heterocycles. The van der Waals surface area contributed by atoms with Gasteiger partial charge in [-0.2, -0.15) is 14.7 Å². The lowest BCUT2D eigenvalue weighted by Crippen LogP contribution is -2.34. The third kappa shape index (κ3) is 2.86. The van der Waals surface area contributed by atoms with Crippen LogP contribution in [-0.4, -0.2) is 35.6 Å². The molecule has 1 fully saturated rings. The first-order chi connectivity index (χ1) is 9.37. The van der Waals surface area contributed by atoms with Crippen LogP contribution in [0.1, 0.15) is 30.7 Å². The molecule has 1 aromatic rings. The number of nitriles is 1. The predicted molar refractivity (Wildman–Crippen MR) is 74.4 cm³/mol. The summed E-state index contributed by atoms with van der Waals surface area (Å²) in [6.45, 7) is 4.23. The SMILES string of the molecule is Cc1nn(C)c(C)c1S(=O)(=O)N(CCC#N)CC1CC1. The van der Waals surface area contributed by atoms with E-state index in [9.17, 15) is 8.42 Å². The molecule has 1 saturated carbocycles. The molecule has 1 aromatic heterocycles. The van der Waals surface area contributed by atoms with Crippen molar-refractivity contribution in [1.29, 1.82) is 5.26 Å². The van der Waals surface area contributed by atoms with Crippen molar-refractivity contribution in [2.75, 3.05) is 13.1 Å². The Kier molecular flexibility index (Phi) is 4.16. The summed E-state index contributed by atoms with van der Waals surface area (Å²) >= 11 is 0. The van der Waals surface area contributed by atoms with Gasteiger partial charge < -0.3 is 0 Å². The molecule has 2 rings (SSSR count). The zero-order valence-corrected chi connectivity index (χ0v) is 12.9. The van der Waals surface area contributed by atoms with Crippen molar-refractivity contribution in [2.45, 2.75) is 38.0 Å². The summed E-state index contributed by atoms with van der Waals surface area (Å²) in [5.74, 6) is 0.445. The Labute approximate surface area is 120 Å². The number of sulfonamides is 1. The standard InChI is InChI=1S/C13H20N4O2S/c1-10-13(11(2)16(3)15-10)20(18,19)17(8-4-7-14)9-12-5-6-12/h12H,4-6,8-9H2,1-3H3. The zero-order chi connectivity index (χ0) is 14.9. The van der Waals surface area contributed by atoms with Crippen LogP contribution >= 0.6 is 0 Å². The summed E-state index contributed by atoms with van der Waals surface area (Å²) in [5.41, 5.74) is 1.16. The molecule has 0 unspecified atom stereocenters. The molecule has 0 aliphatic heterocycles. The molecule has 1 aliphatic rings. The molecule has 0 amide bonds. The van der Waals surface area contributed by atoms with Gasteiger partial charge in [0.05, 0.1) is 17.5 Å². The van der Waals surface area contributed by atoms with E-state index in [0.29, 0.717) is 28.7 Å². The van der Waals surface area contributed by atoms with E-state index in [0.717, 1.165) is 12.8 Å². The van der Waals surface area contributed by atoms with Gasteiger partial charge in [0.25, 0.3) is 0 Å². The Hall–Kier alpha value is -1.39. The van der Waals surface area contributed by atoms with Crippen LogP contribution in [0.15, 0.2) is 4.90 Å². The molecule has 110 valence electrons. The Morgan fingerprint density at radius 3 is 2.55 bits per heavy atom. The molecule has 6 nitrogen and oxygen atoms in total. The summed E-state index contributed by atoms with van der Waals surface area (Å²) in [5, 5.41) is 12.9. The van der Waals surface area contributed by atoms with E-state index in [-0.39, 0.29) is 13.0 Å². The van der Waals surface area contributed by atoms with Gasteiger partial charge in [-0.05, 0) is 32.6 Å². The van der Waals surface area contributed by atoms with Gasteiger partial charge in [-0.1, -0.05) is 0 Å². The molecule has 1 heterocycles. The van der Waals surface area contributed by atoms with Crippen LogP contribution in [0.3, 0.4) is 0 Å². The lowest BCUT2D eigenvalue weighted by molar-refractivity contribution is 0.402. The van der Waals surface area contributed by atoms with Crippen molar-refractivity contribution < 1.29 is 8.42 Å². The second kappa shape index (κ2) is 5.54. The fourth-order valence-corrected chi connectivity index (χ4v) is 4.25. The number of hydrogen-bond donors (Lipinski definition) is 0. The van der Waals surface area contributed by atoms with Crippen molar-refractivity contribution in [3.63, 3.8) is 0 Å². The highest BCUT2D eigenvalue weighted by Gasteiger charge is 2.34. The van der Waals surface area contributed by atoms with Crippen molar-refractivity contribution in [1.82, 2.24) is 14.1 Å². The van der Waals surface area contributed by atoms with Crippen LogP contribution < -0.4 is 0 Å². The summed E-state index contributed by atoms with van der Waals surface area (Å²) in [6, 6.07) is 2.02. The molecule has 0 radical (unpaired) electrons. The zero-order valence-electron chi connectivity index (χ0n) is 12.1. The number of nitrogens with zero attached hydrogens (tertiary/aromatic N) is 4. The minimum absolute atomic E-state index is 0.213. The average Bonchev–Trinajstić information content (AvgIpc) is 3.13. The molecule has 0 spiro atoms. The van der Waals surface area contributed by atoms with Gasteiger partial charge in [0, 0.05) is 26.6 Å². The van der Waals surface area contributed by atoms with Crippen molar-refractivity contribution in [3.8, 4) is 6.07 Å². The highest BCUT2D eigenvalue weighted by Crippen LogP contribution is 2.32. The smallest absolute Gasteiger partial charge is 0.246 e. The minimum atomic E-state index is -3.57. The van der Waals surface area contributed by atoms with Crippen LogP contribution in [-0.2, 0) is 17.1 Å². The monoisotopic (exact) mass is 296 g/mol. The lowest BCUT2D eigenvalue weighted by atomic mass is 10.4. The minimum Gasteiger partial charge on any atom is -0.271 e. The van der Waals surface area contributed by atoms with E-state index in [1.54, 1.807) is 25.6 Å². The van der Waals surface area contributed by atoms with Crippen molar-refractivity contribution in [2.24, 2.45) is 13.0 Å². The number of rotatable bonds is 6. The van der Waals surface area contributed by atoms with Gasteiger partial charge in [0.15, 0.2) is 0 Å². The van der Waals surface area contributed by atoms with E-state index < -0.39 is 10.0 Å². The van der Waals surface area contributed by atoms with Gasteiger partial charge in [-0.25, -0.2) is 8.42 Å². The van der Waals surface area contributed by atoms with Crippen LogP contribution in [0, 0.1) is 31.1 Å². The number of hydrogen-bond acceptors (Lipinski definition) is 4. The van der Waals surface area contributed by atoms with Gasteiger partial charge in [-0.15, -0.1) is 0 Å². The first kappa shape index (κ1) is 15.0. The van der Waals surface area contributed by atoms with E-state index in [4.69, 9.17) is 5.26 Å². The van der Waals surface area contributed by atoms with Crippen molar-refractivity contribution in [3.05, 3.63) is 11.4 Å². The summed E-state index contributed by atoms with van der Waals surface area (Å²) < 4.78 is 28.7.